The standard InChI is InChI=1S/C8H15NS/c1-6-2-4-7(5-3-6)8(9)10/h6-7H,2-5H2,1H3,(H2,9,10). The largest absolute Gasteiger partial charge is 0.393 e. The van der Waals surface area contributed by atoms with Gasteiger partial charge in [0.15, 0.2) is 0 Å². The minimum Gasteiger partial charge on any atom is -0.393 e. The van der Waals surface area contributed by atoms with Crippen LogP contribution >= 0.6 is 12.2 Å². The molecule has 0 heterocycles. The Morgan fingerprint density at radius 3 is 2.20 bits per heavy atom. The van der Waals surface area contributed by atoms with E-state index in [4.69, 9.17) is 18.0 Å². The number of nitrogens with two attached hydrogens (primary N) is 1. The first-order valence-electron chi connectivity index (χ1n) is 3.99. The fourth-order valence-corrected chi connectivity index (χ4v) is 1.78. The number of rotatable bonds is 1. The van der Waals surface area contributed by atoms with Crippen LogP contribution in [0.25, 0.3) is 0 Å². The summed E-state index contributed by atoms with van der Waals surface area (Å²) in [4.78, 5) is 0.729. The highest BCUT2D eigenvalue weighted by atomic mass is 32.1. The lowest BCUT2D eigenvalue weighted by atomic mass is 9.83. The third kappa shape index (κ3) is 1.94. The third-order valence-electron chi connectivity index (χ3n) is 2.42. The van der Waals surface area contributed by atoms with Gasteiger partial charge in [-0.05, 0) is 18.8 Å². The zero-order valence-corrected chi connectivity index (χ0v) is 7.29. The second kappa shape index (κ2) is 3.33. The molecule has 58 valence electrons. The fourth-order valence-electron chi connectivity index (χ4n) is 1.54. The van der Waals surface area contributed by atoms with Gasteiger partial charge >= 0.3 is 0 Å². The summed E-state index contributed by atoms with van der Waals surface area (Å²) in [5, 5.41) is 0. The minimum atomic E-state index is 0.547. The van der Waals surface area contributed by atoms with Gasteiger partial charge < -0.3 is 5.73 Å². The Bertz CT molecular complexity index is 125. The van der Waals surface area contributed by atoms with Crippen molar-refractivity contribution in [3.63, 3.8) is 0 Å². The molecule has 0 radical (unpaired) electrons. The molecule has 0 amide bonds. The van der Waals surface area contributed by atoms with Gasteiger partial charge in [0.25, 0.3) is 0 Å². The Labute approximate surface area is 68.0 Å². The minimum absolute atomic E-state index is 0.547. The molecule has 0 aromatic heterocycles. The first-order valence-corrected chi connectivity index (χ1v) is 4.40. The summed E-state index contributed by atoms with van der Waals surface area (Å²) < 4.78 is 0. The van der Waals surface area contributed by atoms with Crippen LogP contribution in [0.1, 0.15) is 32.6 Å². The molecule has 1 rings (SSSR count). The van der Waals surface area contributed by atoms with Gasteiger partial charge in [-0.15, -0.1) is 0 Å². The predicted octanol–water partition coefficient (Wildman–Crippen LogP) is 2.10. The molecule has 0 atom stereocenters. The maximum atomic E-state index is 5.54. The van der Waals surface area contributed by atoms with E-state index in [-0.39, 0.29) is 0 Å². The first kappa shape index (κ1) is 7.99. The molecule has 0 aliphatic heterocycles. The lowest BCUT2D eigenvalue weighted by Gasteiger charge is -2.24. The summed E-state index contributed by atoms with van der Waals surface area (Å²) in [5.41, 5.74) is 5.54. The van der Waals surface area contributed by atoms with Gasteiger partial charge in [-0.2, -0.15) is 0 Å². The van der Waals surface area contributed by atoms with Crippen LogP contribution in [-0.4, -0.2) is 4.99 Å². The van der Waals surface area contributed by atoms with Crippen LogP contribution in [0.5, 0.6) is 0 Å². The molecule has 1 fully saturated rings. The van der Waals surface area contributed by atoms with Crippen molar-refractivity contribution in [2.75, 3.05) is 0 Å². The van der Waals surface area contributed by atoms with Gasteiger partial charge in [-0.3, -0.25) is 0 Å². The Morgan fingerprint density at radius 2 is 1.80 bits per heavy atom. The highest BCUT2D eigenvalue weighted by molar-refractivity contribution is 7.80. The van der Waals surface area contributed by atoms with Crippen molar-refractivity contribution < 1.29 is 0 Å². The van der Waals surface area contributed by atoms with Gasteiger partial charge in [0.1, 0.15) is 0 Å². The predicted molar refractivity (Wildman–Crippen MR) is 47.9 cm³/mol. The average Bonchev–Trinajstić information content (AvgIpc) is 1.88. The van der Waals surface area contributed by atoms with Gasteiger partial charge in [-0.25, -0.2) is 0 Å². The van der Waals surface area contributed by atoms with E-state index in [2.05, 4.69) is 6.92 Å². The van der Waals surface area contributed by atoms with Crippen LogP contribution in [0.4, 0.5) is 0 Å². The average molecular weight is 157 g/mol. The van der Waals surface area contributed by atoms with Gasteiger partial charge in [0.2, 0.25) is 0 Å². The SMILES string of the molecule is CC1CCC(C(N)=S)CC1. The number of thiocarbonyl (C=S) groups is 1. The molecule has 1 saturated carbocycles. The number of hydrogen-bond acceptors (Lipinski definition) is 1. The summed E-state index contributed by atoms with van der Waals surface area (Å²) >= 11 is 4.93. The van der Waals surface area contributed by atoms with E-state index in [1.165, 1.54) is 25.7 Å². The second-order valence-corrected chi connectivity index (χ2v) is 3.83. The van der Waals surface area contributed by atoms with E-state index < -0.39 is 0 Å². The molecule has 1 aliphatic rings. The van der Waals surface area contributed by atoms with E-state index >= 15 is 0 Å². The number of hydrogen-bond donors (Lipinski definition) is 1. The molecule has 0 unspecified atom stereocenters. The Balaban J connectivity index is 2.33. The maximum Gasteiger partial charge on any atom is 0.0758 e. The molecule has 2 N–H and O–H groups in total. The zero-order chi connectivity index (χ0) is 7.56. The van der Waals surface area contributed by atoms with Crippen LogP contribution in [0, 0.1) is 11.8 Å². The quantitative estimate of drug-likeness (QED) is 0.590. The highest BCUT2D eigenvalue weighted by Crippen LogP contribution is 2.28. The van der Waals surface area contributed by atoms with Crippen LogP contribution in [0.2, 0.25) is 0 Å². The van der Waals surface area contributed by atoms with E-state index in [0.29, 0.717) is 5.92 Å². The normalized spacial score (nSPS) is 33.7. The van der Waals surface area contributed by atoms with Crippen LogP contribution in [-0.2, 0) is 0 Å². The first-order chi connectivity index (χ1) is 4.70. The van der Waals surface area contributed by atoms with Crippen molar-refractivity contribution >= 4 is 17.2 Å². The van der Waals surface area contributed by atoms with Crippen LogP contribution < -0.4 is 5.73 Å². The summed E-state index contributed by atoms with van der Waals surface area (Å²) in [6.45, 7) is 2.30. The topological polar surface area (TPSA) is 26.0 Å². The van der Waals surface area contributed by atoms with E-state index in [1.54, 1.807) is 0 Å². The summed E-state index contributed by atoms with van der Waals surface area (Å²) in [5.74, 6) is 1.44. The molecular weight excluding hydrogens is 142 g/mol. The fraction of sp³-hybridized carbons (Fsp3) is 0.875. The lowest BCUT2D eigenvalue weighted by molar-refractivity contribution is 0.345. The maximum absolute atomic E-state index is 5.54. The van der Waals surface area contributed by atoms with E-state index in [1.807, 2.05) is 0 Å². The monoisotopic (exact) mass is 157 g/mol. The smallest absolute Gasteiger partial charge is 0.0758 e. The Morgan fingerprint density at radius 1 is 1.30 bits per heavy atom. The molecule has 1 aliphatic carbocycles. The summed E-state index contributed by atoms with van der Waals surface area (Å²) in [7, 11) is 0. The molecule has 0 spiro atoms. The summed E-state index contributed by atoms with van der Waals surface area (Å²) in [6.07, 6.45) is 5.05. The van der Waals surface area contributed by atoms with Crippen molar-refractivity contribution in [3.05, 3.63) is 0 Å². The van der Waals surface area contributed by atoms with Crippen LogP contribution in [0.3, 0.4) is 0 Å². The van der Waals surface area contributed by atoms with Crippen molar-refractivity contribution in [1.82, 2.24) is 0 Å². The molecule has 0 saturated heterocycles. The molecule has 10 heavy (non-hydrogen) atoms. The second-order valence-electron chi connectivity index (χ2n) is 3.36. The van der Waals surface area contributed by atoms with Gasteiger partial charge in [0, 0.05) is 5.92 Å². The van der Waals surface area contributed by atoms with Crippen molar-refractivity contribution in [2.24, 2.45) is 17.6 Å². The Kier molecular flexibility index (Phi) is 2.66. The molecular formula is C8H15NS. The van der Waals surface area contributed by atoms with Crippen LogP contribution in [0.15, 0.2) is 0 Å². The van der Waals surface area contributed by atoms with Crippen molar-refractivity contribution in [1.29, 1.82) is 0 Å². The lowest BCUT2D eigenvalue weighted by Crippen LogP contribution is -2.25. The third-order valence-corrected chi connectivity index (χ3v) is 2.75. The van der Waals surface area contributed by atoms with Crippen molar-refractivity contribution in [3.8, 4) is 0 Å². The molecule has 0 bridgehead atoms. The van der Waals surface area contributed by atoms with E-state index in [0.717, 1.165) is 10.9 Å². The zero-order valence-electron chi connectivity index (χ0n) is 6.47. The van der Waals surface area contributed by atoms with Gasteiger partial charge in [-0.1, -0.05) is 32.0 Å². The molecule has 2 heteroatoms. The van der Waals surface area contributed by atoms with Crippen molar-refractivity contribution in [2.45, 2.75) is 32.6 Å². The van der Waals surface area contributed by atoms with Gasteiger partial charge in [0.05, 0.1) is 4.99 Å². The molecule has 1 nitrogen and oxygen atoms in total. The highest BCUT2D eigenvalue weighted by Gasteiger charge is 2.19. The summed E-state index contributed by atoms with van der Waals surface area (Å²) in [6, 6.07) is 0. The molecule has 0 aromatic rings. The molecule has 0 aromatic carbocycles. The van der Waals surface area contributed by atoms with E-state index in [9.17, 15) is 0 Å². The Hall–Kier alpha value is -0.110.